The van der Waals surface area contributed by atoms with E-state index < -0.39 is 0 Å². The Hall–Kier alpha value is -0.490. The van der Waals surface area contributed by atoms with Crippen LogP contribution in [-0.2, 0) is 16.0 Å². The summed E-state index contributed by atoms with van der Waals surface area (Å²) in [5.74, 6) is 2.95. The van der Waals surface area contributed by atoms with E-state index in [4.69, 9.17) is 13.9 Å². The molecule has 0 saturated carbocycles. The van der Waals surface area contributed by atoms with Crippen LogP contribution in [0.4, 0.5) is 0 Å². The van der Waals surface area contributed by atoms with Gasteiger partial charge in [0.25, 0.3) is 0 Å². The zero-order chi connectivity index (χ0) is 14.8. The first-order valence-electron chi connectivity index (χ1n) is 8.39. The predicted octanol–water partition coefficient (Wildman–Crippen LogP) is 2.78. The SMILES string of the molecule is c1coc(CN2CC3(C[C@@H](OCC4CCOCC4)CS3)C2)c1. The summed E-state index contributed by atoms with van der Waals surface area (Å²) in [6.45, 7) is 6.06. The summed E-state index contributed by atoms with van der Waals surface area (Å²) in [6, 6.07) is 4.03. The third-order valence-electron chi connectivity index (χ3n) is 5.07. The molecule has 3 aliphatic rings. The Balaban J connectivity index is 1.18. The topological polar surface area (TPSA) is 34.8 Å². The second kappa shape index (κ2) is 6.56. The maximum atomic E-state index is 6.20. The van der Waals surface area contributed by atoms with Gasteiger partial charge in [0.2, 0.25) is 0 Å². The van der Waals surface area contributed by atoms with E-state index >= 15 is 0 Å². The van der Waals surface area contributed by atoms with Gasteiger partial charge in [-0.05, 0) is 37.3 Å². The summed E-state index contributed by atoms with van der Waals surface area (Å²) in [6.07, 6.45) is 5.77. The number of furan rings is 1. The van der Waals surface area contributed by atoms with Crippen LogP contribution in [0.25, 0.3) is 0 Å². The Morgan fingerprint density at radius 1 is 1.32 bits per heavy atom. The van der Waals surface area contributed by atoms with Crippen LogP contribution in [0.2, 0.25) is 0 Å². The van der Waals surface area contributed by atoms with E-state index in [1.807, 2.05) is 6.07 Å². The summed E-state index contributed by atoms with van der Waals surface area (Å²) in [7, 11) is 0. The van der Waals surface area contributed by atoms with Crippen LogP contribution >= 0.6 is 11.8 Å². The maximum absolute atomic E-state index is 6.20. The Labute approximate surface area is 136 Å². The van der Waals surface area contributed by atoms with Crippen molar-refractivity contribution < 1.29 is 13.9 Å². The highest BCUT2D eigenvalue weighted by molar-refractivity contribution is 8.01. The Morgan fingerprint density at radius 3 is 2.95 bits per heavy atom. The van der Waals surface area contributed by atoms with Crippen molar-refractivity contribution in [2.24, 2.45) is 5.92 Å². The summed E-state index contributed by atoms with van der Waals surface area (Å²) in [4.78, 5) is 2.48. The molecule has 3 saturated heterocycles. The van der Waals surface area contributed by atoms with Crippen molar-refractivity contribution in [3.05, 3.63) is 24.2 Å². The van der Waals surface area contributed by atoms with Crippen LogP contribution < -0.4 is 0 Å². The molecule has 3 fully saturated rings. The summed E-state index contributed by atoms with van der Waals surface area (Å²) in [5.41, 5.74) is 0. The lowest BCUT2D eigenvalue weighted by atomic mass is 9.92. The highest BCUT2D eigenvalue weighted by atomic mass is 32.2. The van der Waals surface area contributed by atoms with Crippen molar-refractivity contribution >= 4 is 11.8 Å². The van der Waals surface area contributed by atoms with Gasteiger partial charge < -0.3 is 13.9 Å². The number of likely N-dealkylation sites (tertiary alicyclic amines) is 1. The minimum atomic E-state index is 0.451. The van der Waals surface area contributed by atoms with Crippen molar-refractivity contribution in [3.63, 3.8) is 0 Å². The first kappa shape index (κ1) is 15.1. The average molecular weight is 323 g/mol. The predicted molar refractivity (Wildman–Crippen MR) is 87.1 cm³/mol. The molecule has 1 spiro atoms. The van der Waals surface area contributed by atoms with Crippen molar-refractivity contribution in [1.82, 2.24) is 4.90 Å². The quantitative estimate of drug-likeness (QED) is 0.832. The lowest BCUT2D eigenvalue weighted by molar-refractivity contribution is -0.0137. The van der Waals surface area contributed by atoms with Crippen molar-refractivity contribution in [3.8, 4) is 0 Å². The second-order valence-electron chi connectivity index (χ2n) is 6.93. The number of rotatable bonds is 5. The molecule has 4 heterocycles. The van der Waals surface area contributed by atoms with Gasteiger partial charge in [0, 0.05) is 43.4 Å². The van der Waals surface area contributed by atoms with E-state index in [0.29, 0.717) is 16.8 Å². The van der Waals surface area contributed by atoms with E-state index in [2.05, 4.69) is 22.7 Å². The lowest BCUT2D eigenvalue weighted by Gasteiger charge is -2.47. The highest BCUT2D eigenvalue weighted by Gasteiger charge is 2.49. The van der Waals surface area contributed by atoms with Gasteiger partial charge in [0.1, 0.15) is 5.76 Å². The molecule has 0 unspecified atom stereocenters. The van der Waals surface area contributed by atoms with Crippen LogP contribution in [0.1, 0.15) is 25.0 Å². The molecular formula is C17H25NO3S. The molecule has 0 radical (unpaired) electrons. The van der Waals surface area contributed by atoms with E-state index in [1.165, 1.54) is 32.4 Å². The summed E-state index contributed by atoms with van der Waals surface area (Å²) < 4.78 is 17.5. The van der Waals surface area contributed by atoms with Gasteiger partial charge in [-0.25, -0.2) is 0 Å². The maximum Gasteiger partial charge on any atom is 0.117 e. The Morgan fingerprint density at radius 2 is 2.18 bits per heavy atom. The standard InChI is InChI=1S/C17H25NO3S/c1-2-15(20-5-1)9-18-12-17(13-18)8-16(11-22-17)21-10-14-3-6-19-7-4-14/h1-2,5,14,16H,3-4,6-13H2/t16-/m1/s1. The van der Waals surface area contributed by atoms with Crippen molar-refractivity contribution in [1.29, 1.82) is 0 Å². The molecule has 1 aromatic heterocycles. The van der Waals surface area contributed by atoms with Gasteiger partial charge in [-0.1, -0.05) is 0 Å². The molecule has 1 aromatic rings. The number of thioether (sulfide) groups is 1. The third-order valence-corrected chi connectivity index (χ3v) is 6.64. The molecular weight excluding hydrogens is 298 g/mol. The van der Waals surface area contributed by atoms with Crippen LogP contribution in [0.15, 0.2) is 22.8 Å². The fourth-order valence-electron chi connectivity index (χ4n) is 3.82. The molecule has 4 rings (SSSR count). The smallest absolute Gasteiger partial charge is 0.117 e. The Bertz CT molecular complexity index is 466. The van der Waals surface area contributed by atoms with Gasteiger partial charge >= 0.3 is 0 Å². The molecule has 4 nitrogen and oxygen atoms in total. The van der Waals surface area contributed by atoms with Gasteiger partial charge in [-0.15, -0.1) is 11.8 Å². The third kappa shape index (κ3) is 3.37. The van der Waals surface area contributed by atoms with E-state index in [1.54, 1.807) is 6.26 Å². The van der Waals surface area contributed by atoms with Crippen LogP contribution in [0.3, 0.4) is 0 Å². The van der Waals surface area contributed by atoms with E-state index in [0.717, 1.165) is 37.9 Å². The molecule has 5 heteroatoms. The zero-order valence-electron chi connectivity index (χ0n) is 13.0. The summed E-state index contributed by atoms with van der Waals surface area (Å²) in [5, 5.41) is 0. The van der Waals surface area contributed by atoms with Crippen molar-refractivity contribution in [2.75, 3.05) is 38.7 Å². The molecule has 0 bridgehead atoms. The second-order valence-corrected chi connectivity index (χ2v) is 8.42. The molecule has 22 heavy (non-hydrogen) atoms. The van der Waals surface area contributed by atoms with Crippen LogP contribution in [-0.4, -0.2) is 54.4 Å². The number of hydrogen-bond acceptors (Lipinski definition) is 5. The molecule has 0 N–H and O–H groups in total. The minimum Gasteiger partial charge on any atom is -0.468 e. The van der Waals surface area contributed by atoms with Gasteiger partial charge in [0.15, 0.2) is 0 Å². The largest absolute Gasteiger partial charge is 0.468 e. The van der Waals surface area contributed by atoms with Gasteiger partial charge in [-0.3, -0.25) is 4.90 Å². The number of ether oxygens (including phenoxy) is 2. The monoisotopic (exact) mass is 323 g/mol. The molecule has 1 atom stereocenters. The zero-order valence-corrected chi connectivity index (χ0v) is 13.9. The molecule has 0 aromatic carbocycles. The fourth-order valence-corrected chi connectivity index (χ4v) is 5.42. The first-order chi connectivity index (χ1) is 10.8. The normalized spacial score (nSPS) is 29.0. The molecule has 0 amide bonds. The van der Waals surface area contributed by atoms with E-state index in [9.17, 15) is 0 Å². The Kier molecular flexibility index (Phi) is 4.49. The minimum absolute atomic E-state index is 0.451. The summed E-state index contributed by atoms with van der Waals surface area (Å²) >= 11 is 2.12. The fraction of sp³-hybridized carbons (Fsp3) is 0.765. The van der Waals surface area contributed by atoms with Gasteiger partial charge in [0.05, 0.1) is 18.9 Å². The van der Waals surface area contributed by atoms with Crippen LogP contribution in [0, 0.1) is 5.92 Å². The van der Waals surface area contributed by atoms with Crippen LogP contribution in [0.5, 0.6) is 0 Å². The molecule has 0 aliphatic carbocycles. The molecule has 3 aliphatic heterocycles. The lowest BCUT2D eigenvalue weighted by Crippen LogP contribution is -2.58. The highest BCUT2D eigenvalue weighted by Crippen LogP contribution is 2.46. The number of hydrogen-bond donors (Lipinski definition) is 0. The van der Waals surface area contributed by atoms with Crippen molar-refractivity contribution in [2.45, 2.75) is 36.7 Å². The molecule has 122 valence electrons. The number of nitrogens with zero attached hydrogens (tertiary/aromatic N) is 1. The van der Waals surface area contributed by atoms with E-state index in [-0.39, 0.29) is 0 Å². The first-order valence-corrected chi connectivity index (χ1v) is 9.38. The average Bonchev–Trinajstić information content (AvgIpc) is 3.16. The van der Waals surface area contributed by atoms with Gasteiger partial charge in [-0.2, -0.15) is 0 Å².